The molecule has 3 atom stereocenters. The first kappa shape index (κ1) is 25.1. The number of fused-ring (bicyclic) bond motifs is 1. The number of anilines is 1. The number of nitrogens with one attached hydrogen (secondary N) is 2. The van der Waals surface area contributed by atoms with Crippen molar-refractivity contribution in [1.29, 1.82) is 0 Å². The van der Waals surface area contributed by atoms with Crippen LogP contribution in [0.5, 0.6) is 0 Å². The number of piperidine rings is 1. The Morgan fingerprint density at radius 1 is 0.971 bits per heavy atom. The van der Waals surface area contributed by atoms with Gasteiger partial charge in [0.05, 0.1) is 18.4 Å². The molecule has 8 heteroatoms. The highest BCUT2D eigenvalue weighted by molar-refractivity contribution is 6.08. The van der Waals surface area contributed by atoms with Crippen LogP contribution in [-0.2, 0) is 19.2 Å². The molecule has 0 saturated carbocycles. The molecule has 4 amide bonds. The van der Waals surface area contributed by atoms with Gasteiger partial charge >= 0.3 is 0 Å². The molecular weight excluding hydrogens is 444 g/mol. The standard InChI is InChI=1S/C27H36N4O4/c1-18(2)16-23(31-26(34)21-10-6-7-11-22(21)27(31)35)25(33)29-20-12-14-30(15-13-20)17-24(32)28-19-8-4-3-5-9-19/h3-9,18,20-23H,10-17H2,1-2H3,(H,28,32)(H,29,33)/t21-,22+,23-/m0/s1. The van der Waals surface area contributed by atoms with Crippen LogP contribution in [0.1, 0.15) is 46.0 Å². The maximum absolute atomic E-state index is 13.3. The molecule has 8 nitrogen and oxygen atoms in total. The molecule has 4 rings (SSSR count). The summed E-state index contributed by atoms with van der Waals surface area (Å²) in [7, 11) is 0. The molecule has 0 aromatic heterocycles. The van der Waals surface area contributed by atoms with E-state index in [1.807, 2.05) is 56.3 Å². The number of nitrogens with zero attached hydrogens (tertiary/aromatic N) is 2. The Balaban J connectivity index is 1.31. The molecule has 2 heterocycles. The lowest BCUT2D eigenvalue weighted by Crippen LogP contribution is -2.54. The van der Waals surface area contributed by atoms with E-state index < -0.39 is 6.04 Å². The summed E-state index contributed by atoms with van der Waals surface area (Å²) < 4.78 is 0. The summed E-state index contributed by atoms with van der Waals surface area (Å²) in [6.45, 7) is 5.69. The number of carbonyl (C=O) groups is 4. The second kappa shape index (κ2) is 11.2. The molecule has 2 fully saturated rings. The highest BCUT2D eigenvalue weighted by atomic mass is 16.2. The Labute approximate surface area is 207 Å². The summed E-state index contributed by atoms with van der Waals surface area (Å²) in [4.78, 5) is 55.2. The van der Waals surface area contributed by atoms with E-state index in [1.165, 1.54) is 4.90 Å². The van der Waals surface area contributed by atoms with Crippen LogP contribution in [0.2, 0.25) is 0 Å². The summed E-state index contributed by atoms with van der Waals surface area (Å²) in [5.41, 5.74) is 0.775. The SMILES string of the molecule is CC(C)C[C@@H](C(=O)NC1CCN(CC(=O)Nc2ccccc2)CC1)N1C(=O)[C@H]2CC=CC[C@H]2C1=O. The van der Waals surface area contributed by atoms with Gasteiger partial charge in [-0.1, -0.05) is 44.2 Å². The van der Waals surface area contributed by atoms with Gasteiger partial charge in [-0.3, -0.25) is 29.0 Å². The van der Waals surface area contributed by atoms with Crippen molar-refractivity contribution >= 4 is 29.3 Å². The predicted molar refractivity (Wildman–Crippen MR) is 133 cm³/mol. The minimum Gasteiger partial charge on any atom is -0.351 e. The van der Waals surface area contributed by atoms with Crippen LogP contribution in [0.3, 0.4) is 0 Å². The Hall–Kier alpha value is -3.00. The number of para-hydroxylation sites is 1. The zero-order valence-corrected chi connectivity index (χ0v) is 20.6. The van der Waals surface area contributed by atoms with Crippen molar-refractivity contribution in [3.05, 3.63) is 42.5 Å². The molecule has 2 N–H and O–H groups in total. The van der Waals surface area contributed by atoms with Crippen molar-refractivity contribution in [3.8, 4) is 0 Å². The number of allylic oxidation sites excluding steroid dienone is 2. The van der Waals surface area contributed by atoms with E-state index in [0.29, 0.717) is 38.9 Å². The number of carbonyl (C=O) groups excluding carboxylic acids is 4. The van der Waals surface area contributed by atoms with Crippen LogP contribution in [-0.4, -0.2) is 65.1 Å². The van der Waals surface area contributed by atoms with Crippen LogP contribution >= 0.6 is 0 Å². The molecule has 188 valence electrons. The lowest BCUT2D eigenvalue weighted by atomic mass is 9.85. The van der Waals surface area contributed by atoms with Gasteiger partial charge < -0.3 is 10.6 Å². The highest BCUT2D eigenvalue weighted by Gasteiger charge is 2.51. The fourth-order valence-corrected chi connectivity index (χ4v) is 5.37. The molecule has 2 saturated heterocycles. The van der Waals surface area contributed by atoms with Gasteiger partial charge in [0.2, 0.25) is 23.6 Å². The maximum Gasteiger partial charge on any atom is 0.243 e. The Morgan fingerprint density at radius 3 is 2.14 bits per heavy atom. The minimum atomic E-state index is -0.768. The van der Waals surface area contributed by atoms with E-state index in [0.717, 1.165) is 18.5 Å². The average molecular weight is 481 g/mol. The lowest BCUT2D eigenvalue weighted by Gasteiger charge is -2.34. The summed E-state index contributed by atoms with van der Waals surface area (Å²) in [5, 5.41) is 6.01. The van der Waals surface area contributed by atoms with Crippen LogP contribution in [0, 0.1) is 17.8 Å². The molecule has 0 radical (unpaired) electrons. The van der Waals surface area contributed by atoms with E-state index in [1.54, 1.807) is 0 Å². The molecule has 1 aromatic carbocycles. The predicted octanol–water partition coefficient (Wildman–Crippen LogP) is 2.57. The molecule has 0 unspecified atom stereocenters. The zero-order chi connectivity index (χ0) is 24.9. The Kier molecular flexibility index (Phi) is 8.00. The molecule has 1 aromatic rings. The smallest absolute Gasteiger partial charge is 0.243 e. The van der Waals surface area contributed by atoms with Gasteiger partial charge in [0.15, 0.2) is 0 Å². The molecule has 0 bridgehead atoms. The van der Waals surface area contributed by atoms with Gasteiger partial charge in [0.1, 0.15) is 6.04 Å². The molecule has 3 aliphatic rings. The van der Waals surface area contributed by atoms with Crippen molar-refractivity contribution in [2.45, 2.75) is 58.0 Å². The fourth-order valence-electron chi connectivity index (χ4n) is 5.37. The number of imide groups is 1. The van der Waals surface area contributed by atoms with Gasteiger partial charge in [-0.05, 0) is 50.2 Å². The zero-order valence-electron chi connectivity index (χ0n) is 20.6. The van der Waals surface area contributed by atoms with E-state index >= 15 is 0 Å². The number of amides is 4. The van der Waals surface area contributed by atoms with Gasteiger partial charge in [0.25, 0.3) is 0 Å². The van der Waals surface area contributed by atoms with Crippen LogP contribution in [0.15, 0.2) is 42.5 Å². The minimum absolute atomic E-state index is 0.0395. The number of hydrogen-bond donors (Lipinski definition) is 2. The molecule has 35 heavy (non-hydrogen) atoms. The molecule has 0 spiro atoms. The topological polar surface area (TPSA) is 98.8 Å². The summed E-state index contributed by atoms with van der Waals surface area (Å²) in [6.07, 6.45) is 6.94. The van der Waals surface area contributed by atoms with Crippen LogP contribution in [0.25, 0.3) is 0 Å². The fraction of sp³-hybridized carbons (Fsp3) is 0.556. The number of hydrogen-bond acceptors (Lipinski definition) is 5. The second-order valence-corrected chi connectivity index (χ2v) is 10.3. The second-order valence-electron chi connectivity index (χ2n) is 10.3. The quantitative estimate of drug-likeness (QED) is 0.440. The van der Waals surface area contributed by atoms with Crippen molar-refractivity contribution in [3.63, 3.8) is 0 Å². The van der Waals surface area contributed by atoms with Crippen LogP contribution < -0.4 is 10.6 Å². The van der Waals surface area contributed by atoms with E-state index in [9.17, 15) is 19.2 Å². The van der Waals surface area contributed by atoms with E-state index in [-0.39, 0.29) is 47.4 Å². The number of benzene rings is 1. The van der Waals surface area contributed by atoms with Gasteiger partial charge in [-0.25, -0.2) is 0 Å². The van der Waals surface area contributed by atoms with Gasteiger partial charge in [-0.2, -0.15) is 0 Å². The highest BCUT2D eigenvalue weighted by Crippen LogP contribution is 2.37. The molecular formula is C27H36N4O4. The summed E-state index contributed by atoms with van der Waals surface area (Å²) >= 11 is 0. The number of rotatable bonds is 8. The van der Waals surface area contributed by atoms with Crippen molar-refractivity contribution in [2.24, 2.45) is 17.8 Å². The first-order chi connectivity index (χ1) is 16.8. The summed E-state index contributed by atoms with van der Waals surface area (Å²) in [6, 6.07) is 8.57. The summed E-state index contributed by atoms with van der Waals surface area (Å²) in [5.74, 6) is -1.21. The molecule has 1 aliphatic carbocycles. The molecule has 2 aliphatic heterocycles. The van der Waals surface area contributed by atoms with Gasteiger partial charge in [-0.15, -0.1) is 0 Å². The Bertz CT molecular complexity index is 943. The number of likely N-dealkylation sites (tertiary alicyclic amines) is 2. The largest absolute Gasteiger partial charge is 0.351 e. The van der Waals surface area contributed by atoms with Gasteiger partial charge in [0, 0.05) is 24.8 Å². The third-order valence-electron chi connectivity index (χ3n) is 7.21. The normalized spacial score (nSPS) is 23.9. The Morgan fingerprint density at radius 2 is 1.57 bits per heavy atom. The first-order valence-corrected chi connectivity index (χ1v) is 12.7. The third-order valence-corrected chi connectivity index (χ3v) is 7.21. The average Bonchev–Trinajstić information content (AvgIpc) is 3.09. The van der Waals surface area contributed by atoms with E-state index in [2.05, 4.69) is 15.5 Å². The van der Waals surface area contributed by atoms with Crippen LogP contribution in [0.4, 0.5) is 5.69 Å². The van der Waals surface area contributed by atoms with Crippen molar-refractivity contribution in [2.75, 3.05) is 25.0 Å². The first-order valence-electron chi connectivity index (χ1n) is 12.7. The lowest BCUT2D eigenvalue weighted by molar-refractivity contribution is -0.148. The van der Waals surface area contributed by atoms with Crippen molar-refractivity contribution in [1.82, 2.24) is 15.1 Å². The third kappa shape index (κ3) is 5.99. The maximum atomic E-state index is 13.3. The monoisotopic (exact) mass is 480 g/mol. The van der Waals surface area contributed by atoms with E-state index in [4.69, 9.17) is 0 Å². The van der Waals surface area contributed by atoms with Crippen molar-refractivity contribution < 1.29 is 19.2 Å².